The molecule has 0 amide bonds. The molecule has 27 heavy (non-hydrogen) atoms. The zero-order valence-corrected chi connectivity index (χ0v) is 17.5. The van der Waals surface area contributed by atoms with Gasteiger partial charge in [-0.15, -0.1) is 0 Å². The van der Waals surface area contributed by atoms with Crippen LogP contribution in [-0.2, 0) is 11.2 Å². The van der Waals surface area contributed by atoms with E-state index in [2.05, 4.69) is 37.3 Å². The second kappa shape index (κ2) is 14.7. The number of epoxide rings is 1. The highest BCUT2D eigenvalue weighted by Crippen LogP contribution is 2.18. The Hall–Kier alpha value is -1.28. The van der Waals surface area contributed by atoms with Gasteiger partial charge < -0.3 is 9.47 Å². The number of allylic oxidation sites excluding steroid dienone is 2. The maximum absolute atomic E-state index is 5.76. The van der Waals surface area contributed by atoms with Gasteiger partial charge in [-0.05, 0) is 56.2 Å². The third-order valence-electron chi connectivity index (χ3n) is 5.21. The first-order valence-corrected chi connectivity index (χ1v) is 11.4. The van der Waals surface area contributed by atoms with Gasteiger partial charge in [0.1, 0.15) is 18.5 Å². The number of aryl methyl sites for hydroxylation is 1. The molecule has 1 heterocycles. The van der Waals surface area contributed by atoms with Crippen LogP contribution in [0.25, 0.3) is 0 Å². The zero-order chi connectivity index (χ0) is 19.0. The summed E-state index contributed by atoms with van der Waals surface area (Å²) < 4.78 is 11.0. The molecule has 1 aliphatic heterocycles. The highest BCUT2D eigenvalue weighted by Gasteiger charge is 2.22. The van der Waals surface area contributed by atoms with Crippen molar-refractivity contribution < 1.29 is 9.47 Å². The van der Waals surface area contributed by atoms with E-state index in [1.54, 1.807) is 0 Å². The Labute approximate surface area is 167 Å². The van der Waals surface area contributed by atoms with Crippen molar-refractivity contribution in [3.63, 3.8) is 0 Å². The number of ether oxygens (including phenoxy) is 2. The van der Waals surface area contributed by atoms with Crippen LogP contribution < -0.4 is 4.74 Å². The van der Waals surface area contributed by atoms with Crippen LogP contribution in [-0.4, -0.2) is 19.3 Å². The van der Waals surface area contributed by atoms with E-state index in [0.717, 1.165) is 18.8 Å². The Morgan fingerprint density at radius 1 is 0.926 bits per heavy atom. The van der Waals surface area contributed by atoms with E-state index in [9.17, 15) is 0 Å². The normalized spacial score (nSPS) is 16.1. The molecule has 2 nitrogen and oxygen atoms in total. The van der Waals surface area contributed by atoms with Gasteiger partial charge in [-0.3, -0.25) is 0 Å². The van der Waals surface area contributed by atoms with Crippen LogP contribution in [0, 0.1) is 0 Å². The van der Waals surface area contributed by atoms with Gasteiger partial charge in [0.2, 0.25) is 0 Å². The molecule has 1 fully saturated rings. The maximum atomic E-state index is 5.76. The summed E-state index contributed by atoms with van der Waals surface area (Å²) in [5.41, 5.74) is 1.40. The third kappa shape index (κ3) is 11.9. The predicted octanol–water partition coefficient (Wildman–Crippen LogP) is 7.26. The van der Waals surface area contributed by atoms with Gasteiger partial charge in [-0.1, -0.05) is 76.2 Å². The molecule has 1 atom stereocenters. The molecular formula is C25H40O2. The van der Waals surface area contributed by atoms with E-state index in [0.29, 0.717) is 12.7 Å². The van der Waals surface area contributed by atoms with Gasteiger partial charge in [0.25, 0.3) is 0 Å². The van der Waals surface area contributed by atoms with Crippen molar-refractivity contribution in [1.82, 2.24) is 0 Å². The molecule has 0 aliphatic carbocycles. The lowest BCUT2D eigenvalue weighted by Gasteiger charge is -2.07. The Bertz CT molecular complexity index is 505. The van der Waals surface area contributed by atoms with Crippen molar-refractivity contribution in [2.45, 2.75) is 96.5 Å². The molecule has 1 aromatic carbocycles. The summed E-state index contributed by atoms with van der Waals surface area (Å²) in [6.45, 7) is 3.82. The van der Waals surface area contributed by atoms with Crippen LogP contribution in [0.2, 0.25) is 0 Å². The van der Waals surface area contributed by atoms with Crippen LogP contribution in [0.3, 0.4) is 0 Å². The zero-order valence-electron chi connectivity index (χ0n) is 17.5. The van der Waals surface area contributed by atoms with E-state index in [-0.39, 0.29) is 0 Å². The lowest BCUT2D eigenvalue weighted by atomic mass is 10.0. The molecule has 0 radical (unpaired) electrons. The minimum Gasteiger partial charge on any atom is -0.491 e. The Kier molecular flexibility index (Phi) is 12.0. The number of unbranched alkanes of at least 4 members (excludes halogenated alkanes) is 10. The number of hydrogen-bond acceptors (Lipinski definition) is 2. The number of hydrogen-bond donors (Lipinski definition) is 0. The molecule has 1 aromatic rings. The van der Waals surface area contributed by atoms with Gasteiger partial charge in [-0.2, -0.15) is 0 Å². The maximum Gasteiger partial charge on any atom is 0.119 e. The van der Waals surface area contributed by atoms with Crippen LogP contribution in [0.1, 0.15) is 89.5 Å². The fourth-order valence-electron chi connectivity index (χ4n) is 3.37. The first kappa shape index (κ1) is 22.0. The van der Waals surface area contributed by atoms with Gasteiger partial charge in [0, 0.05) is 0 Å². The summed E-state index contributed by atoms with van der Waals surface area (Å²) in [7, 11) is 0. The van der Waals surface area contributed by atoms with E-state index >= 15 is 0 Å². The molecule has 2 heteroatoms. The summed E-state index contributed by atoms with van der Waals surface area (Å²) in [5.74, 6) is 0.987. The van der Waals surface area contributed by atoms with Crippen LogP contribution >= 0.6 is 0 Å². The van der Waals surface area contributed by atoms with Crippen molar-refractivity contribution in [2.24, 2.45) is 0 Å². The Morgan fingerprint density at radius 3 is 2.30 bits per heavy atom. The van der Waals surface area contributed by atoms with E-state index in [1.807, 2.05) is 6.07 Å². The van der Waals surface area contributed by atoms with Crippen molar-refractivity contribution in [2.75, 3.05) is 13.2 Å². The van der Waals surface area contributed by atoms with E-state index in [4.69, 9.17) is 9.47 Å². The first-order valence-electron chi connectivity index (χ1n) is 11.4. The van der Waals surface area contributed by atoms with E-state index in [1.165, 1.54) is 82.6 Å². The van der Waals surface area contributed by atoms with E-state index < -0.39 is 0 Å². The summed E-state index contributed by atoms with van der Waals surface area (Å²) in [6.07, 6.45) is 22.4. The molecule has 0 N–H and O–H groups in total. The summed E-state index contributed by atoms with van der Waals surface area (Å²) in [6, 6.07) is 8.56. The highest BCUT2D eigenvalue weighted by molar-refractivity contribution is 5.28. The molecular weight excluding hydrogens is 332 g/mol. The molecule has 1 unspecified atom stereocenters. The SMILES string of the molecule is CCCCCC/C=C/CCCCCCCCc1cccc(OCC2CO2)c1. The average molecular weight is 373 g/mol. The van der Waals surface area contributed by atoms with Crippen LogP contribution in [0.5, 0.6) is 5.75 Å². The van der Waals surface area contributed by atoms with Gasteiger partial charge in [0.15, 0.2) is 0 Å². The minimum absolute atomic E-state index is 0.329. The van der Waals surface area contributed by atoms with Crippen molar-refractivity contribution >= 4 is 0 Å². The highest BCUT2D eigenvalue weighted by atomic mass is 16.6. The first-order chi connectivity index (χ1) is 13.4. The molecule has 2 rings (SSSR count). The molecule has 0 saturated carbocycles. The Morgan fingerprint density at radius 2 is 1.59 bits per heavy atom. The second-order valence-corrected chi connectivity index (χ2v) is 7.89. The smallest absolute Gasteiger partial charge is 0.119 e. The summed E-state index contributed by atoms with van der Waals surface area (Å²) in [5, 5.41) is 0. The second-order valence-electron chi connectivity index (χ2n) is 7.89. The van der Waals surface area contributed by atoms with Crippen LogP contribution in [0.4, 0.5) is 0 Å². The topological polar surface area (TPSA) is 21.8 Å². The molecule has 0 aromatic heterocycles. The molecule has 1 saturated heterocycles. The molecule has 0 bridgehead atoms. The minimum atomic E-state index is 0.329. The summed E-state index contributed by atoms with van der Waals surface area (Å²) >= 11 is 0. The average Bonchev–Trinajstić information content (AvgIpc) is 3.51. The molecule has 152 valence electrons. The van der Waals surface area contributed by atoms with Crippen molar-refractivity contribution in [3.8, 4) is 5.75 Å². The fraction of sp³-hybridized carbons (Fsp3) is 0.680. The van der Waals surface area contributed by atoms with Gasteiger partial charge in [-0.25, -0.2) is 0 Å². The van der Waals surface area contributed by atoms with Crippen LogP contribution in [0.15, 0.2) is 36.4 Å². The molecule has 1 aliphatic rings. The quantitative estimate of drug-likeness (QED) is 0.163. The van der Waals surface area contributed by atoms with Crippen molar-refractivity contribution in [1.29, 1.82) is 0 Å². The van der Waals surface area contributed by atoms with Gasteiger partial charge in [0.05, 0.1) is 6.61 Å². The Balaban J connectivity index is 1.39. The monoisotopic (exact) mass is 372 g/mol. The molecule has 0 spiro atoms. The van der Waals surface area contributed by atoms with Gasteiger partial charge >= 0.3 is 0 Å². The third-order valence-corrected chi connectivity index (χ3v) is 5.21. The number of benzene rings is 1. The fourth-order valence-corrected chi connectivity index (χ4v) is 3.37. The standard InChI is InChI=1S/C25H40O2/c1-2-3-4-5-6-7-8-9-10-11-12-13-14-15-17-23-18-16-19-24(20-23)26-21-25-22-27-25/h7-8,16,18-20,25H,2-6,9-15,17,21-22H2,1H3/b8-7+. The lowest BCUT2D eigenvalue weighted by molar-refractivity contribution is 0.263. The van der Waals surface area contributed by atoms with Crippen molar-refractivity contribution in [3.05, 3.63) is 42.0 Å². The number of rotatable bonds is 17. The largest absolute Gasteiger partial charge is 0.491 e. The predicted molar refractivity (Wildman–Crippen MR) is 116 cm³/mol. The summed E-state index contributed by atoms with van der Waals surface area (Å²) in [4.78, 5) is 0. The lowest BCUT2D eigenvalue weighted by Crippen LogP contribution is -2.04.